The van der Waals surface area contributed by atoms with Gasteiger partial charge in [0.1, 0.15) is 0 Å². The molecule has 0 bridgehead atoms. The number of aryl methyl sites for hydroxylation is 1. The van der Waals surface area contributed by atoms with Crippen LogP contribution in [0.5, 0.6) is 0 Å². The number of likely N-dealkylation sites (tertiary alicyclic amines) is 1. The van der Waals surface area contributed by atoms with E-state index >= 15 is 0 Å². The van der Waals surface area contributed by atoms with Gasteiger partial charge in [-0.3, -0.25) is 14.4 Å². The van der Waals surface area contributed by atoms with Gasteiger partial charge in [-0.1, -0.05) is 0 Å². The Morgan fingerprint density at radius 1 is 1.43 bits per heavy atom. The Kier molecular flexibility index (Phi) is 5.20. The summed E-state index contributed by atoms with van der Waals surface area (Å²) in [6.45, 7) is 0.839. The number of carbonyl (C=O) groups is 2. The summed E-state index contributed by atoms with van der Waals surface area (Å²) in [5, 5.41) is 2.61. The van der Waals surface area contributed by atoms with Crippen LogP contribution in [-0.2, 0) is 16.6 Å². The summed E-state index contributed by atoms with van der Waals surface area (Å²) in [6.07, 6.45) is 3.26. The summed E-state index contributed by atoms with van der Waals surface area (Å²) in [4.78, 5) is 38.2. The minimum absolute atomic E-state index is 0.134. The molecule has 2 rings (SSSR count). The van der Waals surface area contributed by atoms with Crippen molar-refractivity contribution in [1.82, 2.24) is 14.8 Å². The van der Waals surface area contributed by atoms with E-state index in [0.717, 1.165) is 6.42 Å². The Morgan fingerprint density at radius 2 is 2.17 bits per heavy atom. The number of amides is 2. The van der Waals surface area contributed by atoms with Crippen molar-refractivity contribution in [3.8, 4) is 0 Å². The predicted octanol–water partition coefficient (Wildman–Crippen LogP) is 0.143. The quantitative estimate of drug-likeness (QED) is 0.837. The van der Waals surface area contributed by atoms with Gasteiger partial charge in [0.05, 0.1) is 18.6 Å². The van der Waals surface area contributed by atoms with Crippen molar-refractivity contribution < 1.29 is 14.3 Å². The first kappa shape index (κ1) is 17.2. The highest BCUT2D eigenvalue weighted by Gasteiger charge is 2.45. The molecule has 0 saturated carbocycles. The summed E-state index contributed by atoms with van der Waals surface area (Å²) >= 11 is 0. The molecule has 2 amide bonds. The predicted molar refractivity (Wildman–Crippen MR) is 85.2 cm³/mol. The number of aromatic nitrogens is 1. The lowest BCUT2D eigenvalue weighted by Crippen LogP contribution is -2.53. The van der Waals surface area contributed by atoms with Crippen LogP contribution in [0.4, 0.5) is 0 Å². The molecule has 7 heteroatoms. The fraction of sp³-hybridized carbons (Fsp3) is 0.562. The summed E-state index contributed by atoms with van der Waals surface area (Å²) < 4.78 is 6.70. The number of hydrogen-bond acceptors (Lipinski definition) is 4. The second-order valence-corrected chi connectivity index (χ2v) is 5.93. The molecule has 1 atom stereocenters. The fourth-order valence-electron chi connectivity index (χ4n) is 3.13. The lowest BCUT2D eigenvalue weighted by Gasteiger charge is -2.37. The zero-order valence-corrected chi connectivity index (χ0v) is 13.8. The minimum atomic E-state index is -0.660. The highest BCUT2D eigenvalue weighted by molar-refractivity contribution is 5.95. The van der Waals surface area contributed by atoms with Gasteiger partial charge in [-0.2, -0.15) is 0 Å². The number of rotatable bonds is 5. The molecular weight excluding hydrogens is 298 g/mol. The van der Waals surface area contributed by atoms with Crippen molar-refractivity contribution >= 4 is 11.8 Å². The standard InChI is InChI=1S/C16H23N3O4/c1-17-13(20)10-16(11-23-3)6-4-7-19(16)15(22)12-5-8-18(2)14(21)9-12/h5,8-9H,4,6-7,10-11H2,1-3H3,(H,17,20)/t16-/m1/s1. The van der Waals surface area contributed by atoms with Gasteiger partial charge < -0.3 is 19.5 Å². The first-order valence-electron chi connectivity index (χ1n) is 7.62. The molecule has 126 valence electrons. The maximum atomic E-state index is 12.9. The Balaban J connectivity index is 2.33. The van der Waals surface area contributed by atoms with Crippen molar-refractivity contribution in [3.63, 3.8) is 0 Å². The number of hydrogen-bond donors (Lipinski definition) is 1. The van der Waals surface area contributed by atoms with Gasteiger partial charge in [0.25, 0.3) is 11.5 Å². The van der Waals surface area contributed by atoms with Crippen LogP contribution in [0.25, 0.3) is 0 Å². The van der Waals surface area contributed by atoms with Crippen molar-refractivity contribution in [2.45, 2.75) is 24.8 Å². The Bertz CT molecular complexity index is 655. The molecule has 0 aliphatic carbocycles. The maximum absolute atomic E-state index is 12.9. The SMILES string of the molecule is CNC(=O)C[C@@]1(COC)CCCN1C(=O)c1ccn(C)c(=O)c1. The molecule has 1 aliphatic rings. The molecule has 2 heterocycles. The van der Waals surface area contributed by atoms with Gasteiger partial charge in [-0.25, -0.2) is 0 Å². The average molecular weight is 321 g/mol. The molecule has 1 aromatic heterocycles. The lowest BCUT2D eigenvalue weighted by atomic mass is 9.91. The molecular formula is C16H23N3O4. The molecule has 1 fully saturated rings. The van der Waals surface area contributed by atoms with Crippen LogP contribution in [0.3, 0.4) is 0 Å². The maximum Gasteiger partial charge on any atom is 0.254 e. The van der Waals surface area contributed by atoms with Crippen LogP contribution in [0.2, 0.25) is 0 Å². The van der Waals surface area contributed by atoms with Crippen molar-refractivity contribution in [2.75, 3.05) is 27.3 Å². The molecule has 1 N–H and O–H groups in total. The number of methoxy groups -OCH3 is 1. The van der Waals surface area contributed by atoms with Gasteiger partial charge in [-0.05, 0) is 18.9 Å². The third-order valence-corrected chi connectivity index (χ3v) is 4.37. The van der Waals surface area contributed by atoms with Gasteiger partial charge >= 0.3 is 0 Å². The zero-order valence-electron chi connectivity index (χ0n) is 13.8. The number of carbonyl (C=O) groups excluding carboxylic acids is 2. The minimum Gasteiger partial charge on any atom is -0.382 e. The first-order valence-corrected chi connectivity index (χ1v) is 7.62. The summed E-state index contributed by atoms with van der Waals surface area (Å²) in [7, 11) is 4.77. The monoisotopic (exact) mass is 321 g/mol. The van der Waals surface area contributed by atoms with Gasteiger partial charge in [-0.15, -0.1) is 0 Å². The molecule has 1 saturated heterocycles. The second kappa shape index (κ2) is 6.95. The van der Waals surface area contributed by atoms with Crippen LogP contribution >= 0.6 is 0 Å². The van der Waals surface area contributed by atoms with Crippen molar-refractivity contribution in [1.29, 1.82) is 0 Å². The van der Waals surface area contributed by atoms with Crippen LogP contribution in [-0.4, -0.2) is 54.1 Å². The van der Waals surface area contributed by atoms with Gasteiger partial charge in [0.15, 0.2) is 0 Å². The molecule has 1 aliphatic heterocycles. The van der Waals surface area contributed by atoms with Crippen LogP contribution in [0.15, 0.2) is 23.1 Å². The fourth-order valence-corrected chi connectivity index (χ4v) is 3.13. The third kappa shape index (κ3) is 3.44. The topological polar surface area (TPSA) is 80.6 Å². The smallest absolute Gasteiger partial charge is 0.254 e. The van der Waals surface area contributed by atoms with E-state index in [9.17, 15) is 14.4 Å². The molecule has 1 aromatic rings. The summed E-state index contributed by atoms with van der Waals surface area (Å²) in [6, 6.07) is 2.96. The van der Waals surface area contributed by atoms with Crippen molar-refractivity contribution in [3.05, 3.63) is 34.2 Å². The highest BCUT2D eigenvalue weighted by atomic mass is 16.5. The van der Waals surface area contributed by atoms with E-state index in [2.05, 4.69) is 5.32 Å². The third-order valence-electron chi connectivity index (χ3n) is 4.37. The van der Waals surface area contributed by atoms with Crippen LogP contribution in [0, 0.1) is 0 Å². The Morgan fingerprint density at radius 3 is 2.78 bits per heavy atom. The van der Waals surface area contributed by atoms with E-state index in [1.54, 1.807) is 38.4 Å². The largest absolute Gasteiger partial charge is 0.382 e. The van der Waals surface area contributed by atoms with E-state index in [-0.39, 0.29) is 30.4 Å². The van der Waals surface area contributed by atoms with E-state index in [4.69, 9.17) is 4.74 Å². The Labute approximate surface area is 135 Å². The number of nitrogens with one attached hydrogen (secondary N) is 1. The van der Waals surface area contributed by atoms with Crippen LogP contribution < -0.4 is 10.9 Å². The number of ether oxygens (including phenoxy) is 1. The van der Waals surface area contributed by atoms with Gasteiger partial charge in [0, 0.05) is 45.6 Å². The Hall–Kier alpha value is -2.15. The zero-order chi connectivity index (χ0) is 17.0. The summed E-state index contributed by atoms with van der Waals surface area (Å²) in [5.74, 6) is -0.369. The average Bonchev–Trinajstić information content (AvgIpc) is 2.92. The van der Waals surface area contributed by atoms with Crippen LogP contribution in [0.1, 0.15) is 29.6 Å². The molecule has 23 heavy (non-hydrogen) atoms. The first-order chi connectivity index (χ1) is 10.9. The van der Waals surface area contributed by atoms with Gasteiger partial charge in [0.2, 0.25) is 5.91 Å². The van der Waals surface area contributed by atoms with Crippen molar-refractivity contribution in [2.24, 2.45) is 7.05 Å². The molecule has 0 aromatic carbocycles. The van der Waals surface area contributed by atoms with E-state index < -0.39 is 5.54 Å². The lowest BCUT2D eigenvalue weighted by molar-refractivity contribution is -0.123. The number of nitrogens with zero attached hydrogens (tertiary/aromatic N) is 2. The molecule has 7 nitrogen and oxygen atoms in total. The molecule has 0 spiro atoms. The van der Waals surface area contributed by atoms with E-state index in [0.29, 0.717) is 18.5 Å². The second-order valence-electron chi connectivity index (χ2n) is 5.93. The summed E-state index contributed by atoms with van der Waals surface area (Å²) in [5.41, 5.74) is -0.557. The molecule has 0 radical (unpaired) electrons. The normalized spacial score (nSPS) is 20.6. The molecule has 0 unspecified atom stereocenters. The highest BCUT2D eigenvalue weighted by Crippen LogP contribution is 2.34. The number of pyridine rings is 1. The van der Waals surface area contributed by atoms with E-state index in [1.165, 1.54) is 10.6 Å². The van der Waals surface area contributed by atoms with E-state index in [1.807, 2.05) is 0 Å².